The van der Waals surface area contributed by atoms with E-state index in [4.69, 9.17) is 9.52 Å². The molecule has 5 rings (SSSR count). The largest absolute Gasteiger partial charge is 0.413 e. The van der Waals surface area contributed by atoms with Crippen LogP contribution in [0.5, 0.6) is 0 Å². The number of nitrogens with zero attached hydrogens (tertiary/aromatic N) is 4. The lowest BCUT2D eigenvalue weighted by molar-refractivity contribution is 0.0866. The third kappa shape index (κ3) is 4.46. The van der Waals surface area contributed by atoms with Crippen molar-refractivity contribution < 1.29 is 4.43 Å². The summed E-state index contributed by atoms with van der Waals surface area (Å²) in [4.78, 5) is 11.9. The lowest BCUT2D eigenvalue weighted by atomic mass is 9.84. The first-order chi connectivity index (χ1) is 16.3. The highest BCUT2D eigenvalue weighted by atomic mass is 28.3. The topological polar surface area (TPSA) is 80.1 Å². The lowest BCUT2D eigenvalue weighted by Crippen LogP contribution is -2.25. The summed E-state index contributed by atoms with van der Waals surface area (Å²) in [5.74, 6) is 0.529. The van der Waals surface area contributed by atoms with Crippen LogP contribution in [0.4, 0.5) is 11.6 Å². The Balaban J connectivity index is 1.50. The third-order valence-corrected chi connectivity index (χ3v) is 6.57. The number of benzene rings is 2. The van der Waals surface area contributed by atoms with E-state index >= 15 is 0 Å². The maximum atomic E-state index is 6.46. The van der Waals surface area contributed by atoms with Gasteiger partial charge in [-0.05, 0) is 60.5 Å². The van der Waals surface area contributed by atoms with Crippen molar-refractivity contribution in [3.63, 3.8) is 0 Å². The molecule has 1 unspecified atom stereocenters. The quantitative estimate of drug-likeness (QED) is 0.293. The highest BCUT2D eigenvalue weighted by Gasteiger charge is 2.28. The van der Waals surface area contributed by atoms with Gasteiger partial charge in [-0.3, -0.25) is 0 Å². The van der Waals surface area contributed by atoms with Crippen LogP contribution in [0.3, 0.4) is 0 Å². The summed E-state index contributed by atoms with van der Waals surface area (Å²) in [6.07, 6.45) is 3.58. The Labute approximate surface area is 201 Å². The summed E-state index contributed by atoms with van der Waals surface area (Å²) < 4.78 is 8.40. The standard InChI is InChI=1S/C26H30N6OSi/c1-26(2,3)24(33-34(4)5)18-8-6-7-17(13-18)23-12-10-20-15-27-25(31-32(20)23)30-19-9-11-21-22(14-19)29-16-28-21/h6-16,24,34H,1-5H3,(H,28,29)(H,30,31). The Morgan fingerprint density at radius 3 is 2.68 bits per heavy atom. The number of H-pyrrole nitrogens is 1. The van der Waals surface area contributed by atoms with E-state index in [1.54, 1.807) is 6.33 Å². The maximum absolute atomic E-state index is 6.46. The number of fused-ring (bicyclic) bond motifs is 2. The second kappa shape index (κ2) is 8.70. The van der Waals surface area contributed by atoms with Crippen LogP contribution in [0.25, 0.3) is 27.8 Å². The Morgan fingerprint density at radius 1 is 1.03 bits per heavy atom. The first kappa shape index (κ1) is 22.3. The molecule has 2 aromatic carbocycles. The second-order valence-corrected chi connectivity index (χ2v) is 12.3. The van der Waals surface area contributed by atoms with E-state index in [0.717, 1.165) is 33.5 Å². The molecule has 0 aliphatic rings. The molecule has 34 heavy (non-hydrogen) atoms. The fourth-order valence-corrected chi connectivity index (χ4v) is 5.35. The van der Waals surface area contributed by atoms with Gasteiger partial charge in [0.2, 0.25) is 5.95 Å². The van der Waals surface area contributed by atoms with Crippen LogP contribution in [0.2, 0.25) is 13.1 Å². The molecule has 0 amide bonds. The summed E-state index contributed by atoms with van der Waals surface area (Å²) in [6, 6.07) is 18.7. The van der Waals surface area contributed by atoms with Crippen molar-refractivity contribution in [1.82, 2.24) is 24.6 Å². The molecule has 7 nitrogen and oxygen atoms in total. The summed E-state index contributed by atoms with van der Waals surface area (Å²) in [5.41, 5.74) is 7.04. The molecule has 0 aliphatic carbocycles. The van der Waals surface area contributed by atoms with Gasteiger partial charge in [0, 0.05) is 11.3 Å². The predicted octanol–water partition coefficient (Wildman–Crippen LogP) is 6.10. The monoisotopic (exact) mass is 470 g/mol. The first-order valence-electron chi connectivity index (χ1n) is 11.6. The normalized spacial score (nSPS) is 13.1. The minimum Gasteiger partial charge on any atom is -0.413 e. The highest BCUT2D eigenvalue weighted by Crippen LogP contribution is 2.38. The maximum Gasteiger partial charge on any atom is 0.245 e. The van der Waals surface area contributed by atoms with Gasteiger partial charge in [0.05, 0.1) is 40.9 Å². The average molecular weight is 471 g/mol. The molecule has 174 valence electrons. The van der Waals surface area contributed by atoms with Crippen molar-refractivity contribution in [2.45, 2.75) is 40.0 Å². The smallest absolute Gasteiger partial charge is 0.245 e. The minimum absolute atomic E-state index is 0.00609. The van der Waals surface area contributed by atoms with Crippen molar-refractivity contribution in [3.05, 3.63) is 72.7 Å². The molecule has 0 saturated carbocycles. The molecule has 2 N–H and O–H groups in total. The molecule has 1 atom stereocenters. The highest BCUT2D eigenvalue weighted by molar-refractivity contribution is 6.48. The third-order valence-electron chi connectivity index (χ3n) is 5.75. The molecule has 0 saturated heterocycles. The number of anilines is 2. The van der Waals surface area contributed by atoms with Gasteiger partial charge in [0.1, 0.15) is 0 Å². The molecular weight excluding hydrogens is 440 g/mol. The van der Waals surface area contributed by atoms with Gasteiger partial charge in [0.25, 0.3) is 0 Å². The zero-order chi connectivity index (χ0) is 23.9. The minimum atomic E-state index is -1.21. The fourth-order valence-electron chi connectivity index (χ4n) is 4.24. The number of nitrogens with one attached hydrogen (secondary N) is 2. The van der Waals surface area contributed by atoms with Gasteiger partial charge < -0.3 is 14.7 Å². The Bertz CT molecular complexity index is 1450. The van der Waals surface area contributed by atoms with Gasteiger partial charge in [-0.15, -0.1) is 5.10 Å². The zero-order valence-corrected chi connectivity index (χ0v) is 21.4. The van der Waals surface area contributed by atoms with Crippen LogP contribution < -0.4 is 5.32 Å². The summed E-state index contributed by atoms with van der Waals surface area (Å²) in [6.45, 7) is 11.1. The fraction of sp³-hybridized carbons (Fsp3) is 0.269. The van der Waals surface area contributed by atoms with Crippen molar-refractivity contribution in [2.75, 3.05) is 5.32 Å². The Morgan fingerprint density at radius 2 is 1.88 bits per heavy atom. The summed E-state index contributed by atoms with van der Waals surface area (Å²) in [5, 5.41) is 8.10. The number of rotatable bonds is 6. The van der Waals surface area contributed by atoms with E-state index < -0.39 is 9.04 Å². The number of aromatic nitrogens is 5. The van der Waals surface area contributed by atoms with Gasteiger partial charge >= 0.3 is 0 Å². The molecular formula is C26H30N6OSi. The summed E-state index contributed by atoms with van der Waals surface area (Å²) in [7, 11) is -1.21. The SMILES string of the molecule is C[SiH](C)OC(c1cccc(-c2ccc3cnc(Nc4ccc5nc[nH]c5c4)nn23)c1)C(C)(C)C. The van der Waals surface area contributed by atoms with Gasteiger partial charge in [-0.25, -0.2) is 14.5 Å². The van der Waals surface area contributed by atoms with Crippen LogP contribution in [0, 0.1) is 5.41 Å². The van der Waals surface area contributed by atoms with Gasteiger partial charge in [-0.2, -0.15) is 0 Å². The van der Waals surface area contributed by atoms with Crippen molar-refractivity contribution >= 4 is 37.2 Å². The van der Waals surface area contributed by atoms with Gasteiger partial charge in [0.15, 0.2) is 9.04 Å². The number of hydrogen-bond donors (Lipinski definition) is 2. The van der Waals surface area contributed by atoms with Crippen LogP contribution in [0.15, 0.2) is 67.1 Å². The molecule has 3 aromatic heterocycles. The van der Waals surface area contributed by atoms with Crippen molar-refractivity contribution in [3.8, 4) is 11.3 Å². The molecule has 0 fully saturated rings. The molecule has 0 spiro atoms. The van der Waals surface area contributed by atoms with E-state index in [9.17, 15) is 0 Å². The average Bonchev–Trinajstić information content (AvgIpc) is 3.43. The molecule has 5 aromatic rings. The van der Waals surface area contributed by atoms with Gasteiger partial charge in [-0.1, -0.05) is 39.0 Å². The van der Waals surface area contributed by atoms with Crippen molar-refractivity contribution in [1.29, 1.82) is 0 Å². The summed E-state index contributed by atoms with van der Waals surface area (Å²) >= 11 is 0. The molecule has 8 heteroatoms. The number of hydrogen-bond acceptors (Lipinski definition) is 5. The Kier molecular flexibility index (Phi) is 5.71. The number of imidazole rings is 1. The number of aromatic amines is 1. The van der Waals surface area contributed by atoms with E-state index in [1.807, 2.05) is 35.0 Å². The van der Waals surface area contributed by atoms with Crippen molar-refractivity contribution in [2.24, 2.45) is 5.41 Å². The molecule has 3 heterocycles. The Hall–Kier alpha value is -3.49. The van der Waals surface area contributed by atoms with Crippen LogP contribution in [-0.4, -0.2) is 33.6 Å². The van der Waals surface area contributed by atoms with E-state index in [0.29, 0.717) is 5.95 Å². The van der Waals surface area contributed by atoms with E-state index in [1.165, 1.54) is 5.56 Å². The molecule has 0 bridgehead atoms. The van der Waals surface area contributed by atoms with Crippen LogP contribution >= 0.6 is 0 Å². The van der Waals surface area contributed by atoms with Crippen LogP contribution in [0.1, 0.15) is 32.4 Å². The van der Waals surface area contributed by atoms with Crippen LogP contribution in [-0.2, 0) is 4.43 Å². The zero-order valence-electron chi connectivity index (χ0n) is 20.2. The molecule has 0 aliphatic heterocycles. The lowest BCUT2D eigenvalue weighted by Gasteiger charge is -2.33. The molecule has 0 radical (unpaired) electrons. The second-order valence-electron chi connectivity index (χ2n) is 9.95. The van der Waals surface area contributed by atoms with E-state index in [2.05, 4.69) is 84.5 Å². The first-order valence-corrected chi connectivity index (χ1v) is 14.4. The van der Waals surface area contributed by atoms with E-state index in [-0.39, 0.29) is 11.5 Å². The predicted molar refractivity (Wildman–Crippen MR) is 140 cm³/mol.